The number of pyridine rings is 2. The summed E-state index contributed by atoms with van der Waals surface area (Å²) in [4.78, 5) is 14.2. The Morgan fingerprint density at radius 1 is 1.24 bits per heavy atom. The van der Waals surface area contributed by atoms with E-state index in [4.69, 9.17) is 28.7 Å². The average molecular weight is 512 g/mol. The standard InChI is InChI=1S/C31H34ClN5/c1-5-7-20(3)36-14-15-37(30(33)19-36)21(4)23-9-11-25-28(16-23)35-29-17-24(10-12-26(29)31(25)32)27-13-8-22(6-2)18-34-27/h2,8-9,11,13,16,18,24,30H,3-5,7,10,12,14-15,17,19,33H2,1H3. The van der Waals surface area contributed by atoms with Crippen molar-refractivity contribution in [3.05, 3.63) is 88.5 Å². The first-order chi connectivity index (χ1) is 17.9. The van der Waals surface area contributed by atoms with Gasteiger partial charge in [0.15, 0.2) is 0 Å². The molecule has 2 aromatic heterocycles. The lowest BCUT2D eigenvalue weighted by Crippen LogP contribution is -2.55. The Morgan fingerprint density at radius 2 is 2.08 bits per heavy atom. The van der Waals surface area contributed by atoms with Crippen molar-refractivity contribution in [1.82, 2.24) is 19.8 Å². The van der Waals surface area contributed by atoms with E-state index in [2.05, 4.69) is 59.0 Å². The van der Waals surface area contributed by atoms with Gasteiger partial charge in [-0.1, -0.05) is 56.2 Å². The highest BCUT2D eigenvalue weighted by molar-refractivity contribution is 6.36. The van der Waals surface area contributed by atoms with E-state index in [9.17, 15) is 0 Å². The van der Waals surface area contributed by atoms with E-state index in [0.717, 1.165) is 107 Å². The SMILES string of the molecule is C#Cc1ccc(C2CCc3c(nc4cc(C(=C)N5CCN(C(=C)CCC)CC5N)ccc4c3Cl)C2)nc1. The van der Waals surface area contributed by atoms with Gasteiger partial charge in [-0.3, -0.25) is 9.97 Å². The molecule has 0 spiro atoms. The minimum Gasteiger partial charge on any atom is -0.370 e. The maximum absolute atomic E-state index is 6.92. The van der Waals surface area contributed by atoms with Crippen LogP contribution in [0.25, 0.3) is 16.6 Å². The number of piperazine rings is 1. The van der Waals surface area contributed by atoms with Crippen LogP contribution in [0, 0.1) is 12.3 Å². The maximum atomic E-state index is 6.92. The number of terminal acetylenes is 1. The second kappa shape index (κ2) is 10.6. The fraction of sp³-hybridized carbons (Fsp3) is 0.355. The molecule has 2 unspecified atom stereocenters. The zero-order valence-electron chi connectivity index (χ0n) is 21.5. The number of hydrogen-bond donors (Lipinski definition) is 1. The Morgan fingerprint density at radius 3 is 2.78 bits per heavy atom. The number of halogens is 1. The summed E-state index contributed by atoms with van der Waals surface area (Å²) in [6.07, 6.45) is 11.9. The number of nitrogens with zero attached hydrogens (tertiary/aromatic N) is 4. The normalized spacial score (nSPS) is 19.4. The number of hydrogen-bond acceptors (Lipinski definition) is 5. The Kier molecular flexibility index (Phi) is 7.24. The molecule has 1 aliphatic heterocycles. The quantitative estimate of drug-likeness (QED) is 0.429. The molecule has 1 fully saturated rings. The van der Waals surface area contributed by atoms with Crippen LogP contribution in [-0.2, 0) is 12.8 Å². The van der Waals surface area contributed by atoms with E-state index in [0.29, 0.717) is 5.92 Å². The molecule has 1 aliphatic carbocycles. The molecule has 2 aliphatic rings. The molecule has 190 valence electrons. The van der Waals surface area contributed by atoms with Gasteiger partial charge in [0.25, 0.3) is 0 Å². The molecule has 3 heterocycles. The third-order valence-electron chi connectivity index (χ3n) is 7.74. The summed E-state index contributed by atoms with van der Waals surface area (Å²) >= 11 is 6.92. The third-order valence-corrected chi connectivity index (χ3v) is 8.17. The predicted molar refractivity (Wildman–Crippen MR) is 153 cm³/mol. The van der Waals surface area contributed by atoms with E-state index < -0.39 is 0 Å². The topological polar surface area (TPSA) is 58.3 Å². The monoisotopic (exact) mass is 511 g/mol. The number of fused-ring (bicyclic) bond motifs is 2. The Bertz CT molecular complexity index is 1390. The highest BCUT2D eigenvalue weighted by Gasteiger charge is 2.28. The van der Waals surface area contributed by atoms with Gasteiger partial charge in [-0.2, -0.15) is 0 Å². The molecule has 0 amide bonds. The van der Waals surface area contributed by atoms with Crippen LogP contribution in [0.2, 0.25) is 5.02 Å². The zero-order valence-corrected chi connectivity index (χ0v) is 22.3. The van der Waals surface area contributed by atoms with E-state index >= 15 is 0 Å². The van der Waals surface area contributed by atoms with Crippen LogP contribution in [0.5, 0.6) is 0 Å². The van der Waals surface area contributed by atoms with Crippen molar-refractivity contribution in [2.24, 2.45) is 5.73 Å². The number of aromatic nitrogens is 2. The summed E-state index contributed by atoms with van der Waals surface area (Å²) in [5, 5.41) is 1.79. The molecule has 5 rings (SSSR count). The number of nitrogens with two attached hydrogens (primary N) is 1. The van der Waals surface area contributed by atoms with E-state index in [1.165, 1.54) is 0 Å². The Balaban J connectivity index is 1.38. The number of rotatable bonds is 6. The third kappa shape index (κ3) is 4.97. The summed E-state index contributed by atoms with van der Waals surface area (Å²) < 4.78 is 0. The second-order valence-corrected chi connectivity index (χ2v) is 10.5. The maximum Gasteiger partial charge on any atom is 0.0949 e. The molecule has 0 radical (unpaired) electrons. The molecule has 0 saturated carbocycles. The average Bonchev–Trinajstić information content (AvgIpc) is 2.92. The van der Waals surface area contributed by atoms with Gasteiger partial charge in [0.05, 0.1) is 23.2 Å². The van der Waals surface area contributed by atoms with Crippen LogP contribution in [0.3, 0.4) is 0 Å². The van der Waals surface area contributed by atoms with Gasteiger partial charge in [-0.15, -0.1) is 6.42 Å². The van der Waals surface area contributed by atoms with Gasteiger partial charge < -0.3 is 15.5 Å². The van der Waals surface area contributed by atoms with Crippen LogP contribution < -0.4 is 5.73 Å². The fourth-order valence-corrected chi connectivity index (χ4v) is 5.96. The van der Waals surface area contributed by atoms with Crippen molar-refractivity contribution < 1.29 is 0 Å². The molecule has 0 bridgehead atoms. The second-order valence-electron chi connectivity index (χ2n) is 10.1. The van der Waals surface area contributed by atoms with Gasteiger partial charge >= 0.3 is 0 Å². The van der Waals surface area contributed by atoms with Crippen LogP contribution in [0.15, 0.2) is 55.4 Å². The largest absolute Gasteiger partial charge is 0.370 e. The van der Waals surface area contributed by atoms with Crippen molar-refractivity contribution in [3.8, 4) is 12.3 Å². The summed E-state index contributed by atoms with van der Waals surface area (Å²) in [7, 11) is 0. The van der Waals surface area contributed by atoms with E-state index in [1.54, 1.807) is 6.20 Å². The van der Waals surface area contributed by atoms with Crippen LogP contribution in [0.1, 0.15) is 60.2 Å². The minimum absolute atomic E-state index is 0.139. The van der Waals surface area contributed by atoms with Crippen molar-refractivity contribution in [2.45, 2.75) is 51.1 Å². The van der Waals surface area contributed by atoms with Gasteiger partial charge in [0.2, 0.25) is 0 Å². The first-order valence-electron chi connectivity index (χ1n) is 13.1. The van der Waals surface area contributed by atoms with Crippen LogP contribution in [0.4, 0.5) is 0 Å². The molecule has 37 heavy (non-hydrogen) atoms. The predicted octanol–water partition coefficient (Wildman–Crippen LogP) is 5.72. The summed E-state index contributed by atoms with van der Waals surface area (Å²) in [5.41, 5.74) is 14.6. The van der Waals surface area contributed by atoms with Gasteiger partial charge in [-0.05, 0) is 55.0 Å². The Labute approximate surface area is 225 Å². The smallest absolute Gasteiger partial charge is 0.0949 e. The minimum atomic E-state index is -0.139. The molecular formula is C31H34ClN5. The number of allylic oxidation sites excluding steroid dienone is 1. The molecule has 2 atom stereocenters. The van der Waals surface area contributed by atoms with E-state index in [-0.39, 0.29) is 6.17 Å². The lowest BCUT2D eigenvalue weighted by Gasteiger charge is -2.43. The fourth-order valence-electron chi connectivity index (χ4n) is 5.60. The van der Waals surface area contributed by atoms with Gasteiger partial charge in [0, 0.05) is 58.9 Å². The van der Waals surface area contributed by atoms with Gasteiger partial charge in [-0.25, -0.2) is 0 Å². The van der Waals surface area contributed by atoms with Crippen molar-refractivity contribution in [3.63, 3.8) is 0 Å². The summed E-state index contributed by atoms with van der Waals surface area (Å²) in [6.45, 7) is 13.3. The summed E-state index contributed by atoms with van der Waals surface area (Å²) in [5.74, 6) is 2.94. The molecule has 3 aromatic rings. The molecule has 1 saturated heterocycles. The first-order valence-corrected chi connectivity index (χ1v) is 13.4. The van der Waals surface area contributed by atoms with Crippen molar-refractivity contribution in [2.75, 3.05) is 19.6 Å². The lowest BCUT2D eigenvalue weighted by atomic mass is 9.84. The lowest BCUT2D eigenvalue weighted by molar-refractivity contribution is 0.148. The molecule has 1 aromatic carbocycles. The molecule has 5 nitrogen and oxygen atoms in total. The zero-order chi connectivity index (χ0) is 26.1. The van der Waals surface area contributed by atoms with Crippen LogP contribution in [-0.4, -0.2) is 45.6 Å². The first kappa shape index (κ1) is 25.3. The highest BCUT2D eigenvalue weighted by Crippen LogP contribution is 2.38. The summed E-state index contributed by atoms with van der Waals surface area (Å²) in [6, 6.07) is 10.3. The molecular weight excluding hydrogens is 478 g/mol. The van der Waals surface area contributed by atoms with Crippen LogP contribution >= 0.6 is 11.6 Å². The number of benzene rings is 1. The van der Waals surface area contributed by atoms with Crippen molar-refractivity contribution in [1.29, 1.82) is 0 Å². The highest BCUT2D eigenvalue weighted by atomic mass is 35.5. The van der Waals surface area contributed by atoms with E-state index in [1.807, 2.05) is 12.1 Å². The van der Waals surface area contributed by atoms with Gasteiger partial charge in [0.1, 0.15) is 0 Å². The van der Waals surface area contributed by atoms with Crippen molar-refractivity contribution >= 4 is 28.2 Å². The Hall–Kier alpha value is -3.33. The molecule has 6 heteroatoms. The molecule has 2 N–H and O–H groups in total.